The van der Waals surface area contributed by atoms with Gasteiger partial charge < -0.3 is 1.43 Å². The van der Waals surface area contributed by atoms with Crippen LogP contribution < -0.4 is 34.3 Å². The first-order chi connectivity index (χ1) is 15.0. The summed E-state index contributed by atoms with van der Waals surface area (Å²) in [4.78, 5) is 0.110. The van der Waals surface area contributed by atoms with Crippen LogP contribution in [0.25, 0.3) is 11.1 Å². The summed E-state index contributed by atoms with van der Waals surface area (Å²) in [7, 11) is -7.93. The van der Waals surface area contributed by atoms with E-state index in [0.29, 0.717) is 24.8 Å². The molecule has 1 aromatic rings. The van der Waals surface area contributed by atoms with Crippen molar-refractivity contribution in [1.29, 1.82) is 0 Å². The number of unbranched alkanes of at least 4 members (excludes halogenated alkanes) is 1. The normalized spacial score (nSPS) is 12.2. The van der Waals surface area contributed by atoms with E-state index >= 15 is 0 Å². The molecule has 0 bridgehead atoms. The maximum Gasteiger partial charge on any atom is 1.00 e. The first-order valence-electron chi connectivity index (χ1n) is 10.3. The van der Waals surface area contributed by atoms with E-state index in [0.717, 1.165) is 21.2 Å². The molecule has 0 atom stereocenters. The minimum Gasteiger partial charge on any atom is -1.00 e. The fourth-order valence-corrected chi connectivity index (χ4v) is 5.64. The van der Waals surface area contributed by atoms with E-state index < -0.39 is 20.1 Å². The molecule has 6 nitrogen and oxygen atoms in total. The van der Waals surface area contributed by atoms with Crippen molar-refractivity contribution < 1.29 is 52.4 Å². The molecule has 0 aliphatic heterocycles. The number of nitrogens with one attached hydrogen (secondary N) is 1. The molecule has 1 aromatic carbocycles. The summed E-state index contributed by atoms with van der Waals surface area (Å²) in [5.74, 6) is 0.280. The van der Waals surface area contributed by atoms with Gasteiger partial charge in [-0.2, -0.15) is 8.42 Å². The van der Waals surface area contributed by atoms with Crippen molar-refractivity contribution >= 4 is 36.1 Å². The molecular weight excluding hydrogens is 537 g/mol. The second-order valence-electron chi connectivity index (χ2n) is 7.97. The molecule has 174 valence electrons. The maximum atomic E-state index is 12.4. The largest absolute Gasteiger partial charge is 1.00 e. The molecule has 2 aliphatic rings. The van der Waals surface area contributed by atoms with Crippen LogP contribution in [-0.4, -0.2) is 27.9 Å². The quantitative estimate of drug-likeness (QED) is 0.236. The fourth-order valence-electron chi connectivity index (χ4n) is 3.55. The van der Waals surface area contributed by atoms with E-state index in [-0.39, 0.29) is 53.2 Å². The SMILES string of the molecule is CC(C)c1ccc2c(CCCCNS(=O)(=O)c3ccc(Br)cc3)cc(S(=O)(=O)O)c-2cc1.[H-].[Na+]. The van der Waals surface area contributed by atoms with Gasteiger partial charge in [0.1, 0.15) is 4.90 Å². The van der Waals surface area contributed by atoms with Gasteiger partial charge in [-0.3, -0.25) is 4.55 Å². The third kappa shape index (κ3) is 7.35. The van der Waals surface area contributed by atoms with Gasteiger partial charge in [0.05, 0.1) is 4.90 Å². The van der Waals surface area contributed by atoms with Crippen LogP contribution in [0.4, 0.5) is 0 Å². The Morgan fingerprint density at radius 2 is 1.55 bits per heavy atom. The first kappa shape index (κ1) is 28.5. The van der Waals surface area contributed by atoms with E-state index in [1.807, 2.05) is 18.2 Å². The Balaban J connectivity index is 0.00000289. The molecule has 2 aliphatic carbocycles. The predicted molar refractivity (Wildman–Crippen MR) is 130 cm³/mol. The number of fused-ring (bicyclic) bond motifs is 1. The molecule has 3 rings (SSSR count). The van der Waals surface area contributed by atoms with E-state index in [2.05, 4.69) is 34.5 Å². The van der Waals surface area contributed by atoms with Gasteiger partial charge in [-0.1, -0.05) is 54.0 Å². The van der Waals surface area contributed by atoms with Crippen molar-refractivity contribution in [3.05, 3.63) is 70.2 Å². The molecule has 0 unspecified atom stereocenters. The monoisotopic (exact) mass is 563 g/mol. The number of hydrogen-bond acceptors (Lipinski definition) is 4. The average Bonchev–Trinajstić information content (AvgIpc) is 2.91. The van der Waals surface area contributed by atoms with E-state index in [9.17, 15) is 21.4 Å². The summed E-state index contributed by atoms with van der Waals surface area (Å²) in [6.07, 6.45) is 1.80. The van der Waals surface area contributed by atoms with Gasteiger partial charge in [0, 0.05) is 16.6 Å². The summed E-state index contributed by atoms with van der Waals surface area (Å²) in [6.45, 7) is 4.38. The van der Waals surface area contributed by atoms with Crippen LogP contribution >= 0.6 is 15.9 Å². The zero-order valence-corrected chi connectivity index (χ0v) is 24.1. The number of sulfonamides is 1. The van der Waals surface area contributed by atoms with Gasteiger partial charge in [0.25, 0.3) is 10.1 Å². The van der Waals surface area contributed by atoms with E-state index in [4.69, 9.17) is 0 Å². The first-order valence-corrected chi connectivity index (χ1v) is 14.0. The topological polar surface area (TPSA) is 101 Å². The minimum absolute atomic E-state index is 0. The summed E-state index contributed by atoms with van der Waals surface area (Å²) >= 11 is 3.28. The second-order valence-corrected chi connectivity index (χ2v) is 12.0. The Morgan fingerprint density at radius 3 is 2.12 bits per heavy atom. The molecule has 2 N–H and O–H groups in total. The van der Waals surface area contributed by atoms with E-state index in [1.54, 1.807) is 18.2 Å². The van der Waals surface area contributed by atoms with Crippen molar-refractivity contribution in [3.63, 3.8) is 0 Å². The predicted octanol–water partition coefficient (Wildman–Crippen LogP) is 2.34. The molecule has 0 saturated heterocycles. The van der Waals surface area contributed by atoms with Gasteiger partial charge in [-0.25, -0.2) is 13.1 Å². The maximum absolute atomic E-state index is 12.4. The third-order valence-corrected chi connectivity index (χ3v) is 8.22. The van der Waals surface area contributed by atoms with Crippen LogP contribution in [0.15, 0.2) is 68.9 Å². The zero-order chi connectivity index (χ0) is 23.5. The van der Waals surface area contributed by atoms with Gasteiger partial charge in [-0.05, 0) is 72.2 Å². The Labute approximate surface area is 228 Å². The standard InChI is InChI=1S/C23H26BrNO5S2.Na.H/c1-16(2)17-6-12-21-18(15-23(32(28,29)30)22(21)13-7-17)5-3-4-14-25-31(26,27)20-10-8-19(24)9-11-20;;/h6-13,15-16,25H,3-5,14H2,1-2H3,(H,28,29,30);;/q;+1;-1. The third-order valence-electron chi connectivity index (χ3n) is 5.33. The Kier molecular flexibility index (Phi) is 10.1. The molecule has 10 heteroatoms. The molecule has 0 aromatic heterocycles. The van der Waals surface area contributed by atoms with Crippen molar-refractivity contribution in [3.8, 4) is 11.1 Å². The van der Waals surface area contributed by atoms with Crippen molar-refractivity contribution in [2.45, 2.75) is 48.8 Å². The Morgan fingerprint density at radius 1 is 0.939 bits per heavy atom. The van der Waals surface area contributed by atoms with Crippen LogP contribution in [0, 0.1) is 0 Å². The minimum atomic E-state index is -4.36. The van der Waals surface area contributed by atoms with Crippen molar-refractivity contribution in [2.24, 2.45) is 0 Å². The van der Waals surface area contributed by atoms with Gasteiger partial charge in [0.2, 0.25) is 10.0 Å². The number of hydrogen-bond donors (Lipinski definition) is 2. The Bertz CT molecular complexity index is 1280. The van der Waals surface area contributed by atoms with Crippen LogP contribution in [-0.2, 0) is 26.6 Å². The number of halogens is 1. The fraction of sp³-hybridized carbons (Fsp3) is 0.304. The molecule has 0 amide bonds. The molecule has 33 heavy (non-hydrogen) atoms. The van der Waals surface area contributed by atoms with Crippen LogP contribution in [0.5, 0.6) is 0 Å². The molecular formula is C23H27BrNNaO5S2. The van der Waals surface area contributed by atoms with Gasteiger partial charge in [0.15, 0.2) is 0 Å². The second kappa shape index (κ2) is 11.8. The molecule has 0 heterocycles. The van der Waals surface area contributed by atoms with Crippen LogP contribution in [0.1, 0.15) is 45.2 Å². The zero-order valence-electron chi connectivity index (χ0n) is 19.9. The summed E-state index contributed by atoms with van der Waals surface area (Å²) in [6, 6.07) is 15.4. The average molecular weight is 564 g/mol. The van der Waals surface area contributed by atoms with Crippen molar-refractivity contribution in [1.82, 2.24) is 4.72 Å². The number of benzene rings is 1. The van der Waals surface area contributed by atoms with Crippen LogP contribution in [0.3, 0.4) is 0 Å². The number of rotatable bonds is 9. The van der Waals surface area contributed by atoms with Gasteiger partial charge >= 0.3 is 29.6 Å². The molecule has 0 spiro atoms. The summed E-state index contributed by atoms with van der Waals surface area (Å²) in [5, 5.41) is 0. The smallest absolute Gasteiger partial charge is 1.00 e. The number of aryl methyl sites for hydroxylation is 1. The molecule has 0 fully saturated rings. The van der Waals surface area contributed by atoms with Crippen LogP contribution in [0.2, 0.25) is 0 Å². The Hall–Kier alpha value is -0.780. The molecule has 0 saturated carbocycles. The van der Waals surface area contributed by atoms with Crippen molar-refractivity contribution in [2.75, 3.05) is 6.54 Å². The summed E-state index contributed by atoms with van der Waals surface area (Å²) < 4.78 is 61.6. The molecule has 0 radical (unpaired) electrons. The van der Waals surface area contributed by atoms with E-state index in [1.165, 1.54) is 18.2 Å². The van der Waals surface area contributed by atoms with Gasteiger partial charge in [-0.15, -0.1) is 0 Å². The summed E-state index contributed by atoms with van der Waals surface area (Å²) in [5.41, 5.74) is 3.15.